The quantitative estimate of drug-likeness (QED) is 0.378. The number of halogens is 2. The highest BCUT2D eigenvalue weighted by molar-refractivity contribution is 6.30. The summed E-state index contributed by atoms with van der Waals surface area (Å²) in [7, 11) is 3.71. The van der Waals surface area contributed by atoms with Gasteiger partial charge in [0.25, 0.3) is 0 Å². The predicted octanol–water partition coefficient (Wildman–Crippen LogP) is 5.03. The van der Waals surface area contributed by atoms with Gasteiger partial charge < -0.3 is 9.80 Å². The SMILES string of the molecule is CCN(C)C=Nc1cc(C)c(C(=O)CN(C)c2ccc(Cl)c(F)c2)cc1C. The Labute approximate surface area is 165 Å². The third-order valence-corrected chi connectivity index (χ3v) is 4.77. The number of rotatable bonds is 7. The highest BCUT2D eigenvalue weighted by Crippen LogP contribution is 2.25. The van der Waals surface area contributed by atoms with E-state index in [1.165, 1.54) is 12.1 Å². The average Bonchev–Trinajstić information content (AvgIpc) is 2.63. The average molecular weight is 390 g/mol. The first-order chi connectivity index (χ1) is 12.7. The van der Waals surface area contributed by atoms with Crippen LogP contribution in [0.4, 0.5) is 15.8 Å². The van der Waals surface area contributed by atoms with Crippen molar-refractivity contribution in [2.45, 2.75) is 20.8 Å². The molecule has 2 rings (SSSR count). The molecule has 0 unspecified atom stereocenters. The molecule has 0 amide bonds. The van der Waals surface area contributed by atoms with Crippen LogP contribution in [0.25, 0.3) is 0 Å². The van der Waals surface area contributed by atoms with E-state index in [2.05, 4.69) is 11.9 Å². The summed E-state index contributed by atoms with van der Waals surface area (Å²) in [4.78, 5) is 20.9. The Bertz CT molecular complexity index is 867. The summed E-state index contributed by atoms with van der Waals surface area (Å²) in [6.07, 6.45) is 1.78. The second-order valence-corrected chi connectivity index (χ2v) is 7.06. The molecule has 0 fully saturated rings. The molecule has 0 bridgehead atoms. The first-order valence-corrected chi connectivity index (χ1v) is 9.15. The summed E-state index contributed by atoms with van der Waals surface area (Å²) in [5.41, 5.74) is 3.90. The molecule has 0 aliphatic rings. The first kappa shape index (κ1) is 20.9. The van der Waals surface area contributed by atoms with Crippen LogP contribution in [0.1, 0.15) is 28.4 Å². The number of aryl methyl sites for hydroxylation is 2. The maximum Gasteiger partial charge on any atom is 0.182 e. The van der Waals surface area contributed by atoms with Gasteiger partial charge in [0.05, 0.1) is 23.6 Å². The fourth-order valence-corrected chi connectivity index (χ4v) is 2.71. The molecule has 0 saturated carbocycles. The first-order valence-electron chi connectivity index (χ1n) is 8.78. The van der Waals surface area contributed by atoms with Crippen LogP contribution in [0.15, 0.2) is 35.3 Å². The standard InChI is InChI=1S/C21H25ClFN3O/c1-6-25(4)13-24-20-10-14(2)17(9-15(20)3)21(27)12-26(5)16-7-8-18(22)19(23)11-16/h7-11,13H,6,12H2,1-5H3. The Balaban J connectivity index is 2.19. The Morgan fingerprint density at radius 3 is 2.52 bits per heavy atom. The van der Waals surface area contributed by atoms with E-state index in [1.807, 2.05) is 37.9 Å². The zero-order valence-electron chi connectivity index (χ0n) is 16.4. The highest BCUT2D eigenvalue weighted by atomic mass is 35.5. The minimum absolute atomic E-state index is 0.0327. The molecule has 2 aromatic rings. The third kappa shape index (κ3) is 5.30. The van der Waals surface area contributed by atoms with Crippen molar-refractivity contribution in [2.24, 2.45) is 4.99 Å². The zero-order chi connectivity index (χ0) is 20.1. The number of likely N-dealkylation sites (N-methyl/N-ethyl adjacent to an activating group) is 1. The summed E-state index contributed by atoms with van der Waals surface area (Å²) in [6, 6.07) is 8.30. The number of hydrogen-bond acceptors (Lipinski definition) is 3. The molecule has 0 heterocycles. The zero-order valence-corrected chi connectivity index (χ0v) is 17.1. The van der Waals surface area contributed by atoms with Crippen LogP contribution in [0.3, 0.4) is 0 Å². The van der Waals surface area contributed by atoms with Gasteiger partial charge in [-0.25, -0.2) is 9.38 Å². The Hall–Kier alpha value is -2.40. The maximum absolute atomic E-state index is 13.7. The molecular weight excluding hydrogens is 365 g/mol. The van der Waals surface area contributed by atoms with E-state index < -0.39 is 5.82 Å². The van der Waals surface area contributed by atoms with E-state index in [0.717, 1.165) is 23.4 Å². The third-order valence-electron chi connectivity index (χ3n) is 4.46. The fraction of sp³-hybridized carbons (Fsp3) is 0.333. The van der Waals surface area contributed by atoms with Gasteiger partial charge in [-0.2, -0.15) is 0 Å². The Kier molecular flexibility index (Phi) is 6.97. The number of carbonyl (C=O) groups is 1. The number of hydrogen-bond donors (Lipinski definition) is 0. The number of Topliss-reactive ketones (excluding diaryl/α,β-unsaturated/α-hetero) is 1. The van der Waals surface area contributed by atoms with Crippen LogP contribution < -0.4 is 4.90 Å². The molecule has 0 radical (unpaired) electrons. The molecule has 4 nitrogen and oxygen atoms in total. The van der Waals surface area contributed by atoms with Gasteiger partial charge in [0, 0.05) is 31.9 Å². The van der Waals surface area contributed by atoms with Gasteiger partial charge in [0.2, 0.25) is 0 Å². The molecule has 0 saturated heterocycles. The molecule has 27 heavy (non-hydrogen) atoms. The number of benzene rings is 2. The normalized spacial score (nSPS) is 11.1. The van der Waals surface area contributed by atoms with Crippen LogP contribution in [0.2, 0.25) is 5.02 Å². The minimum Gasteiger partial charge on any atom is -0.367 e. The molecule has 0 spiro atoms. The predicted molar refractivity (Wildman–Crippen MR) is 111 cm³/mol. The fourth-order valence-electron chi connectivity index (χ4n) is 2.60. The summed E-state index contributed by atoms with van der Waals surface area (Å²) in [5, 5.41) is 0.0646. The van der Waals surface area contributed by atoms with Crippen molar-refractivity contribution in [3.8, 4) is 0 Å². The summed E-state index contributed by atoms with van der Waals surface area (Å²) in [5.74, 6) is -0.533. The van der Waals surface area contributed by atoms with Crippen LogP contribution in [-0.2, 0) is 0 Å². The summed E-state index contributed by atoms with van der Waals surface area (Å²) in [6.45, 7) is 6.90. The monoisotopic (exact) mass is 389 g/mol. The number of anilines is 1. The number of aliphatic imine (C=N–C) groups is 1. The van der Waals surface area contributed by atoms with Crippen molar-refractivity contribution in [1.82, 2.24) is 4.90 Å². The van der Waals surface area contributed by atoms with Crippen LogP contribution in [0.5, 0.6) is 0 Å². The summed E-state index contributed by atoms with van der Waals surface area (Å²) >= 11 is 5.72. The van der Waals surface area contributed by atoms with E-state index in [4.69, 9.17) is 11.6 Å². The molecule has 2 aromatic carbocycles. The van der Waals surface area contributed by atoms with E-state index in [1.54, 1.807) is 24.4 Å². The lowest BCUT2D eigenvalue weighted by Gasteiger charge is -2.19. The smallest absolute Gasteiger partial charge is 0.182 e. The van der Waals surface area contributed by atoms with E-state index in [9.17, 15) is 9.18 Å². The maximum atomic E-state index is 13.7. The molecule has 144 valence electrons. The molecule has 0 atom stereocenters. The molecule has 6 heteroatoms. The Morgan fingerprint density at radius 1 is 1.19 bits per heavy atom. The van der Waals surface area contributed by atoms with Crippen molar-refractivity contribution >= 4 is 35.1 Å². The molecule has 0 aliphatic heterocycles. The van der Waals surface area contributed by atoms with Gasteiger partial charge in [0.1, 0.15) is 5.82 Å². The largest absolute Gasteiger partial charge is 0.367 e. The van der Waals surface area contributed by atoms with Crippen molar-refractivity contribution in [3.05, 3.63) is 57.9 Å². The lowest BCUT2D eigenvalue weighted by Crippen LogP contribution is -2.26. The van der Waals surface area contributed by atoms with Crippen LogP contribution in [-0.4, -0.2) is 44.2 Å². The topological polar surface area (TPSA) is 35.9 Å². The van der Waals surface area contributed by atoms with E-state index >= 15 is 0 Å². The highest BCUT2D eigenvalue weighted by Gasteiger charge is 2.15. The molecule has 0 aromatic heterocycles. The minimum atomic E-state index is -0.500. The Morgan fingerprint density at radius 2 is 1.89 bits per heavy atom. The van der Waals surface area contributed by atoms with Crippen molar-refractivity contribution in [1.29, 1.82) is 0 Å². The van der Waals surface area contributed by atoms with Gasteiger partial charge in [-0.3, -0.25) is 4.79 Å². The molecule has 0 N–H and O–H groups in total. The van der Waals surface area contributed by atoms with Gasteiger partial charge in [-0.15, -0.1) is 0 Å². The second kappa shape index (κ2) is 9.00. The summed E-state index contributed by atoms with van der Waals surface area (Å²) < 4.78 is 13.7. The van der Waals surface area contributed by atoms with Gasteiger partial charge in [0.15, 0.2) is 5.78 Å². The number of carbonyl (C=O) groups excluding carboxylic acids is 1. The van der Waals surface area contributed by atoms with Gasteiger partial charge >= 0.3 is 0 Å². The number of nitrogens with zero attached hydrogens (tertiary/aromatic N) is 3. The lowest BCUT2D eigenvalue weighted by molar-refractivity contribution is 0.0999. The van der Waals surface area contributed by atoms with Gasteiger partial charge in [-0.05, 0) is 62.2 Å². The van der Waals surface area contributed by atoms with Crippen molar-refractivity contribution in [2.75, 3.05) is 32.1 Å². The van der Waals surface area contributed by atoms with Crippen LogP contribution in [0, 0.1) is 19.7 Å². The molecule has 0 aliphatic carbocycles. The van der Waals surface area contributed by atoms with E-state index in [-0.39, 0.29) is 17.4 Å². The second-order valence-electron chi connectivity index (χ2n) is 6.65. The van der Waals surface area contributed by atoms with Crippen LogP contribution >= 0.6 is 11.6 Å². The van der Waals surface area contributed by atoms with E-state index in [0.29, 0.717) is 11.3 Å². The number of ketones is 1. The van der Waals surface area contributed by atoms with Gasteiger partial charge in [-0.1, -0.05) is 11.6 Å². The van der Waals surface area contributed by atoms with Crippen molar-refractivity contribution < 1.29 is 9.18 Å². The van der Waals surface area contributed by atoms with Crippen molar-refractivity contribution in [3.63, 3.8) is 0 Å². The lowest BCUT2D eigenvalue weighted by atomic mass is 10.00. The molecular formula is C21H25ClFN3O.